The summed E-state index contributed by atoms with van der Waals surface area (Å²) in [5, 5.41) is 4.15. The molecule has 0 fully saturated rings. The summed E-state index contributed by atoms with van der Waals surface area (Å²) in [6.45, 7) is 2.56. The minimum absolute atomic E-state index is 0.279. The molecule has 0 spiro atoms. The molecule has 0 saturated heterocycles. The molecule has 2 nitrogen and oxygen atoms in total. The molecule has 1 aromatic heterocycles. The van der Waals surface area contributed by atoms with E-state index in [-0.39, 0.29) is 5.97 Å². The van der Waals surface area contributed by atoms with E-state index in [1.165, 1.54) is 11.6 Å². The fourth-order valence-corrected chi connectivity index (χ4v) is 2.50. The topological polar surface area (TPSA) is 26.3 Å². The predicted molar refractivity (Wildman–Crippen MR) is 84.7 cm³/mol. The highest BCUT2D eigenvalue weighted by Crippen LogP contribution is 2.26. The number of hydrogen-bond acceptors (Lipinski definition) is 3. The first kappa shape index (κ1) is 14.5. The van der Waals surface area contributed by atoms with E-state index >= 15 is 0 Å². The van der Waals surface area contributed by atoms with Crippen molar-refractivity contribution < 1.29 is 9.53 Å². The van der Waals surface area contributed by atoms with E-state index in [0.717, 1.165) is 24.0 Å². The second kappa shape index (κ2) is 7.65. The van der Waals surface area contributed by atoms with Crippen LogP contribution in [-0.2, 0) is 9.53 Å². The number of rotatable bonds is 6. The lowest BCUT2D eigenvalue weighted by Gasteiger charge is -2.04. The van der Waals surface area contributed by atoms with Crippen LogP contribution in [-0.4, -0.2) is 12.6 Å². The van der Waals surface area contributed by atoms with Gasteiger partial charge in [0, 0.05) is 6.08 Å². The molecule has 1 aromatic carbocycles. The monoisotopic (exact) mass is 286 g/mol. The molecule has 20 heavy (non-hydrogen) atoms. The smallest absolute Gasteiger partial charge is 0.330 e. The molecule has 0 aliphatic rings. The summed E-state index contributed by atoms with van der Waals surface area (Å²) >= 11 is 1.67. The van der Waals surface area contributed by atoms with E-state index in [1.54, 1.807) is 11.3 Å². The van der Waals surface area contributed by atoms with Crippen molar-refractivity contribution in [2.45, 2.75) is 19.8 Å². The van der Waals surface area contributed by atoms with Gasteiger partial charge in [0.1, 0.15) is 0 Å². The van der Waals surface area contributed by atoms with Gasteiger partial charge in [-0.15, -0.1) is 0 Å². The van der Waals surface area contributed by atoms with Crippen LogP contribution in [0.2, 0.25) is 0 Å². The van der Waals surface area contributed by atoms with Crippen molar-refractivity contribution in [3.8, 4) is 11.1 Å². The summed E-state index contributed by atoms with van der Waals surface area (Å²) in [6, 6.07) is 10.1. The summed E-state index contributed by atoms with van der Waals surface area (Å²) in [5.74, 6) is -0.279. The molecule has 0 N–H and O–H groups in total. The van der Waals surface area contributed by atoms with Gasteiger partial charge in [0.15, 0.2) is 0 Å². The Morgan fingerprint density at radius 1 is 1.30 bits per heavy atom. The van der Waals surface area contributed by atoms with Crippen LogP contribution >= 0.6 is 11.3 Å². The molecule has 0 bridgehead atoms. The first-order chi connectivity index (χ1) is 9.81. The third-order valence-corrected chi connectivity index (χ3v) is 3.62. The second-order valence-electron chi connectivity index (χ2n) is 4.45. The first-order valence-corrected chi connectivity index (χ1v) is 7.72. The van der Waals surface area contributed by atoms with Crippen molar-refractivity contribution >= 4 is 23.4 Å². The predicted octanol–water partition coefficient (Wildman–Crippen LogP) is 4.77. The Kier molecular flexibility index (Phi) is 5.56. The molecule has 0 atom stereocenters. The molecular formula is C17H18O2S. The lowest BCUT2D eigenvalue weighted by molar-refractivity contribution is -0.137. The van der Waals surface area contributed by atoms with Crippen LogP contribution in [0, 0.1) is 0 Å². The zero-order valence-electron chi connectivity index (χ0n) is 11.5. The van der Waals surface area contributed by atoms with Crippen molar-refractivity contribution in [1.29, 1.82) is 0 Å². The second-order valence-corrected chi connectivity index (χ2v) is 5.23. The van der Waals surface area contributed by atoms with Crippen molar-refractivity contribution in [1.82, 2.24) is 0 Å². The molecule has 0 aliphatic heterocycles. The van der Waals surface area contributed by atoms with Gasteiger partial charge in [-0.1, -0.05) is 37.6 Å². The van der Waals surface area contributed by atoms with Gasteiger partial charge in [0.25, 0.3) is 0 Å². The lowest BCUT2D eigenvalue weighted by Crippen LogP contribution is -2.01. The van der Waals surface area contributed by atoms with Gasteiger partial charge in [-0.25, -0.2) is 4.79 Å². The highest BCUT2D eigenvalue weighted by molar-refractivity contribution is 7.08. The molecule has 0 unspecified atom stereocenters. The van der Waals surface area contributed by atoms with Crippen LogP contribution in [0.5, 0.6) is 0 Å². The van der Waals surface area contributed by atoms with E-state index in [2.05, 4.69) is 29.8 Å². The molecule has 1 heterocycles. The number of benzene rings is 1. The Balaban J connectivity index is 2.08. The van der Waals surface area contributed by atoms with Gasteiger partial charge in [0.2, 0.25) is 0 Å². The Morgan fingerprint density at radius 2 is 2.15 bits per heavy atom. The van der Waals surface area contributed by atoms with Crippen LogP contribution in [0.15, 0.2) is 47.2 Å². The van der Waals surface area contributed by atoms with Crippen LogP contribution in [0.25, 0.3) is 17.2 Å². The largest absolute Gasteiger partial charge is 0.463 e. The standard InChI is InChI=1S/C17H18O2S/c1-2-3-11-19-17(18)9-8-14-6-4-5-7-16(14)15-10-12-20-13-15/h4-10,12-13H,2-3,11H2,1H3/b9-8+. The van der Waals surface area contributed by atoms with E-state index in [9.17, 15) is 4.79 Å². The first-order valence-electron chi connectivity index (χ1n) is 6.77. The van der Waals surface area contributed by atoms with Gasteiger partial charge in [-0.2, -0.15) is 11.3 Å². The van der Waals surface area contributed by atoms with Gasteiger partial charge < -0.3 is 4.74 Å². The number of carbonyl (C=O) groups excluding carboxylic acids is 1. The Hall–Kier alpha value is -1.87. The summed E-state index contributed by atoms with van der Waals surface area (Å²) < 4.78 is 5.11. The Labute approximate surface area is 123 Å². The Morgan fingerprint density at radius 3 is 2.90 bits per heavy atom. The van der Waals surface area contributed by atoms with E-state index < -0.39 is 0 Å². The fourth-order valence-electron chi connectivity index (χ4n) is 1.85. The van der Waals surface area contributed by atoms with Crippen LogP contribution in [0.1, 0.15) is 25.3 Å². The zero-order chi connectivity index (χ0) is 14.2. The number of unbranched alkanes of at least 4 members (excludes halogenated alkanes) is 1. The number of carbonyl (C=O) groups is 1. The minimum atomic E-state index is -0.279. The molecule has 0 radical (unpaired) electrons. The summed E-state index contributed by atoms with van der Waals surface area (Å²) in [7, 11) is 0. The number of esters is 1. The van der Waals surface area contributed by atoms with Gasteiger partial charge in [-0.3, -0.25) is 0 Å². The molecule has 0 saturated carbocycles. The van der Waals surface area contributed by atoms with Crippen molar-refractivity contribution in [2.24, 2.45) is 0 Å². The number of ether oxygens (including phenoxy) is 1. The third kappa shape index (κ3) is 4.07. The van der Waals surface area contributed by atoms with Crippen LogP contribution in [0.4, 0.5) is 0 Å². The maximum absolute atomic E-state index is 11.6. The molecule has 0 amide bonds. The van der Waals surface area contributed by atoms with E-state index in [1.807, 2.05) is 24.3 Å². The van der Waals surface area contributed by atoms with E-state index in [0.29, 0.717) is 6.61 Å². The van der Waals surface area contributed by atoms with Crippen LogP contribution < -0.4 is 0 Å². The SMILES string of the molecule is CCCCOC(=O)/C=C/c1ccccc1-c1ccsc1. The van der Waals surface area contributed by atoms with E-state index in [4.69, 9.17) is 4.74 Å². The molecular weight excluding hydrogens is 268 g/mol. The summed E-state index contributed by atoms with van der Waals surface area (Å²) in [4.78, 5) is 11.6. The summed E-state index contributed by atoms with van der Waals surface area (Å²) in [6.07, 6.45) is 5.26. The average Bonchev–Trinajstić information content (AvgIpc) is 3.00. The summed E-state index contributed by atoms with van der Waals surface area (Å²) in [5.41, 5.74) is 3.33. The minimum Gasteiger partial charge on any atom is -0.463 e. The Bertz CT molecular complexity index is 570. The quantitative estimate of drug-likeness (QED) is 0.434. The molecule has 2 rings (SSSR count). The molecule has 3 heteroatoms. The van der Waals surface area contributed by atoms with Gasteiger partial charge in [0.05, 0.1) is 6.61 Å². The molecule has 0 aliphatic carbocycles. The fraction of sp³-hybridized carbons (Fsp3) is 0.235. The van der Waals surface area contributed by atoms with Crippen molar-refractivity contribution in [2.75, 3.05) is 6.61 Å². The zero-order valence-corrected chi connectivity index (χ0v) is 12.4. The van der Waals surface area contributed by atoms with Crippen molar-refractivity contribution in [3.63, 3.8) is 0 Å². The highest BCUT2D eigenvalue weighted by Gasteiger charge is 2.03. The molecule has 2 aromatic rings. The maximum Gasteiger partial charge on any atom is 0.330 e. The number of thiophene rings is 1. The highest BCUT2D eigenvalue weighted by atomic mass is 32.1. The van der Waals surface area contributed by atoms with Gasteiger partial charge >= 0.3 is 5.97 Å². The van der Waals surface area contributed by atoms with Crippen molar-refractivity contribution in [3.05, 3.63) is 52.7 Å². The maximum atomic E-state index is 11.6. The number of hydrogen-bond donors (Lipinski definition) is 0. The lowest BCUT2D eigenvalue weighted by atomic mass is 10.0. The average molecular weight is 286 g/mol. The molecule has 104 valence electrons. The van der Waals surface area contributed by atoms with Crippen LogP contribution in [0.3, 0.4) is 0 Å². The van der Waals surface area contributed by atoms with Gasteiger partial charge in [-0.05, 0) is 46.0 Å². The third-order valence-electron chi connectivity index (χ3n) is 2.93. The normalized spacial score (nSPS) is 10.8.